The van der Waals surface area contributed by atoms with Gasteiger partial charge in [0.1, 0.15) is 0 Å². The van der Waals surface area contributed by atoms with E-state index in [2.05, 4.69) is 9.98 Å². The van der Waals surface area contributed by atoms with Crippen molar-refractivity contribution in [2.75, 3.05) is 5.73 Å². The molecule has 1 heterocycles. The largest absolute Gasteiger partial charge is 0.398 e. The van der Waals surface area contributed by atoms with Crippen molar-refractivity contribution < 1.29 is 0 Å². The molecule has 0 spiro atoms. The Labute approximate surface area is 116 Å². The number of nitrogens with one attached hydrogen (secondary N) is 1. The summed E-state index contributed by atoms with van der Waals surface area (Å²) in [6.45, 7) is 1.84. The third-order valence-corrected chi connectivity index (χ3v) is 3.02. The summed E-state index contributed by atoms with van der Waals surface area (Å²) in [4.78, 5) is 8.43. The molecular formula is C14H13ClN4. The lowest BCUT2D eigenvalue weighted by Crippen LogP contribution is -1.94. The summed E-state index contributed by atoms with van der Waals surface area (Å²) < 4.78 is 0. The summed E-state index contributed by atoms with van der Waals surface area (Å²) >= 11 is 5.98. The van der Waals surface area contributed by atoms with Gasteiger partial charge < -0.3 is 11.1 Å². The first-order valence-electron chi connectivity index (χ1n) is 5.66. The van der Waals surface area contributed by atoms with Crippen molar-refractivity contribution in [3.8, 4) is 0 Å². The second kappa shape index (κ2) is 5.63. The number of aryl methyl sites for hydroxylation is 1. The van der Waals surface area contributed by atoms with Crippen LogP contribution in [0.15, 0.2) is 35.5 Å². The molecule has 19 heavy (non-hydrogen) atoms. The fourth-order valence-electron chi connectivity index (χ4n) is 1.51. The molecule has 0 radical (unpaired) electrons. The van der Waals surface area contributed by atoms with Crippen LogP contribution in [0.2, 0.25) is 5.02 Å². The SMILES string of the molecule is Cc1ncc(N=Cc2ccc(N)c(C=N)c2)cc1Cl. The van der Waals surface area contributed by atoms with E-state index in [-0.39, 0.29) is 0 Å². The molecule has 0 saturated heterocycles. The first kappa shape index (κ1) is 13.2. The molecule has 2 rings (SSSR count). The van der Waals surface area contributed by atoms with Crippen molar-refractivity contribution in [3.63, 3.8) is 0 Å². The van der Waals surface area contributed by atoms with Gasteiger partial charge in [-0.25, -0.2) is 0 Å². The third-order valence-electron chi connectivity index (χ3n) is 2.64. The van der Waals surface area contributed by atoms with Crippen LogP contribution in [-0.2, 0) is 0 Å². The topological polar surface area (TPSA) is 75.1 Å². The molecule has 0 atom stereocenters. The predicted molar refractivity (Wildman–Crippen MR) is 80.0 cm³/mol. The zero-order valence-corrected chi connectivity index (χ0v) is 11.1. The van der Waals surface area contributed by atoms with Gasteiger partial charge in [0, 0.05) is 23.7 Å². The van der Waals surface area contributed by atoms with Gasteiger partial charge in [-0.2, -0.15) is 0 Å². The van der Waals surface area contributed by atoms with Crippen LogP contribution in [0, 0.1) is 12.3 Å². The summed E-state index contributed by atoms with van der Waals surface area (Å²) in [5.41, 5.74) is 9.29. The third kappa shape index (κ3) is 3.17. The number of nitrogens with zero attached hydrogens (tertiary/aromatic N) is 2. The molecule has 4 nitrogen and oxygen atoms in total. The van der Waals surface area contributed by atoms with Crippen LogP contribution in [0.25, 0.3) is 0 Å². The standard InChI is InChI=1S/C14H13ClN4/c1-9-13(15)5-12(8-18-9)19-7-10-2-3-14(17)11(4-10)6-16/h2-8,16H,17H2,1H3. The Morgan fingerprint density at radius 3 is 2.84 bits per heavy atom. The van der Waals surface area contributed by atoms with E-state index in [4.69, 9.17) is 22.7 Å². The average molecular weight is 273 g/mol. The van der Waals surface area contributed by atoms with Crippen molar-refractivity contribution in [1.29, 1.82) is 5.41 Å². The zero-order valence-electron chi connectivity index (χ0n) is 10.4. The number of rotatable bonds is 3. The monoisotopic (exact) mass is 272 g/mol. The van der Waals surface area contributed by atoms with Gasteiger partial charge in [0.2, 0.25) is 0 Å². The number of halogens is 1. The van der Waals surface area contributed by atoms with Crippen LogP contribution in [0.4, 0.5) is 11.4 Å². The van der Waals surface area contributed by atoms with Crippen molar-refractivity contribution in [2.24, 2.45) is 4.99 Å². The molecule has 0 unspecified atom stereocenters. The predicted octanol–water partition coefficient (Wildman–Crippen LogP) is 3.37. The number of aromatic nitrogens is 1. The Hall–Kier alpha value is -2.20. The van der Waals surface area contributed by atoms with Gasteiger partial charge in [0.25, 0.3) is 0 Å². The molecular weight excluding hydrogens is 260 g/mol. The van der Waals surface area contributed by atoms with Crippen LogP contribution >= 0.6 is 11.6 Å². The molecule has 0 aliphatic carbocycles. The average Bonchev–Trinajstić information content (AvgIpc) is 2.41. The number of hydrogen-bond acceptors (Lipinski definition) is 4. The quantitative estimate of drug-likeness (QED) is 0.664. The minimum Gasteiger partial charge on any atom is -0.398 e. The maximum atomic E-state index is 7.25. The Kier molecular flexibility index (Phi) is 3.92. The zero-order chi connectivity index (χ0) is 13.8. The van der Waals surface area contributed by atoms with Gasteiger partial charge in [-0.05, 0) is 30.7 Å². The fraction of sp³-hybridized carbons (Fsp3) is 0.0714. The van der Waals surface area contributed by atoms with Gasteiger partial charge >= 0.3 is 0 Å². The van der Waals surface area contributed by atoms with E-state index in [0.717, 1.165) is 11.3 Å². The lowest BCUT2D eigenvalue weighted by atomic mass is 10.1. The smallest absolute Gasteiger partial charge is 0.0828 e. The van der Waals surface area contributed by atoms with Crippen LogP contribution in [0.5, 0.6) is 0 Å². The van der Waals surface area contributed by atoms with Crippen LogP contribution in [0.3, 0.4) is 0 Å². The molecule has 0 aliphatic heterocycles. The van der Waals surface area contributed by atoms with E-state index in [9.17, 15) is 0 Å². The first-order valence-corrected chi connectivity index (χ1v) is 6.04. The van der Waals surface area contributed by atoms with Crippen LogP contribution < -0.4 is 5.73 Å². The number of nitrogen functional groups attached to an aromatic ring is 1. The molecule has 1 aromatic carbocycles. The van der Waals surface area contributed by atoms with E-state index in [1.807, 2.05) is 13.0 Å². The van der Waals surface area contributed by atoms with Gasteiger partial charge in [-0.3, -0.25) is 9.98 Å². The van der Waals surface area contributed by atoms with Crippen LogP contribution in [-0.4, -0.2) is 17.4 Å². The lowest BCUT2D eigenvalue weighted by Gasteiger charge is -2.01. The Morgan fingerprint density at radius 1 is 1.37 bits per heavy atom. The highest BCUT2D eigenvalue weighted by molar-refractivity contribution is 6.31. The summed E-state index contributed by atoms with van der Waals surface area (Å²) in [7, 11) is 0. The highest BCUT2D eigenvalue weighted by atomic mass is 35.5. The Morgan fingerprint density at radius 2 is 2.16 bits per heavy atom. The fourth-order valence-corrected chi connectivity index (χ4v) is 1.67. The molecule has 2 aromatic rings. The lowest BCUT2D eigenvalue weighted by molar-refractivity contribution is 1.19. The van der Waals surface area contributed by atoms with E-state index in [1.165, 1.54) is 6.21 Å². The van der Waals surface area contributed by atoms with Crippen LogP contribution in [0.1, 0.15) is 16.8 Å². The summed E-state index contributed by atoms with van der Waals surface area (Å²) in [5, 5.41) is 7.84. The molecule has 5 heteroatoms. The molecule has 0 bridgehead atoms. The number of benzene rings is 1. The van der Waals surface area contributed by atoms with Crippen molar-refractivity contribution in [2.45, 2.75) is 6.92 Å². The summed E-state index contributed by atoms with van der Waals surface area (Å²) in [5.74, 6) is 0. The number of nitrogens with two attached hydrogens (primary N) is 1. The van der Waals surface area contributed by atoms with Gasteiger partial charge in [-0.1, -0.05) is 17.7 Å². The summed E-state index contributed by atoms with van der Waals surface area (Å²) in [6, 6.07) is 7.15. The van der Waals surface area contributed by atoms with Crippen molar-refractivity contribution in [3.05, 3.63) is 52.3 Å². The maximum Gasteiger partial charge on any atom is 0.0828 e. The molecule has 0 amide bonds. The van der Waals surface area contributed by atoms with E-state index >= 15 is 0 Å². The Balaban J connectivity index is 2.27. The van der Waals surface area contributed by atoms with Crippen molar-refractivity contribution in [1.82, 2.24) is 4.98 Å². The van der Waals surface area contributed by atoms with E-state index < -0.39 is 0 Å². The minimum absolute atomic E-state index is 0.576. The molecule has 0 fully saturated rings. The Bertz CT molecular complexity index is 650. The van der Waals surface area contributed by atoms with Crippen molar-refractivity contribution >= 4 is 35.4 Å². The number of pyridine rings is 1. The highest BCUT2D eigenvalue weighted by Gasteiger charge is 1.99. The number of hydrogen-bond donors (Lipinski definition) is 2. The summed E-state index contributed by atoms with van der Waals surface area (Å²) in [6.07, 6.45) is 4.57. The molecule has 0 aliphatic rings. The maximum absolute atomic E-state index is 7.25. The first-order chi connectivity index (χ1) is 9.10. The van der Waals surface area contributed by atoms with Gasteiger partial charge in [-0.15, -0.1) is 0 Å². The number of aliphatic imine (C=N–C) groups is 1. The van der Waals surface area contributed by atoms with E-state index in [1.54, 1.807) is 30.6 Å². The highest BCUT2D eigenvalue weighted by Crippen LogP contribution is 2.20. The minimum atomic E-state index is 0.576. The second-order valence-electron chi connectivity index (χ2n) is 4.05. The number of anilines is 1. The molecule has 3 N–H and O–H groups in total. The van der Waals surface area contributed by atoms with Gasteiger partial charge in [0.05, 0.1) is 22.6 Å². The second-order valence-corrected chi connectivity index (χ2v) is 4.46. The van der Waals surface area contributed by atoms with Gasteiger partial charge in [0.15, 0.2) is 0 Å². The normalized spacial score (nSPS) is 10.8. The van der Waals surface area contributed by atoms with E-state index in [0.29, 0.717) is 22.0 Å². The molecule has 1 aromatic heterocycles. The molecule has 0 saturated carbocycles. The molecule has 96 valence electrons.